The molecule has 27 heteroatoms. The topological polar surface area (TPSA) is 348 Å². The van der Waals surface area contributed by atoms with Gasteiger partial charge in [-0.3, -0.25) is 14.5 Å². The Morgan fingerprint density at radius 1 is 0.817 bits per heavy atom. The maximum absolute atomic E-state index is 12.9. The van der Waals surface area contributed by atoms with E-state index in [1.54, 1.807) is 23.1 Å². The van der Waals surface area contributed by atoms with Gasteiger partial charge in [0.2, 0.25) is 5.78 Å². The Morgan fingerprint density at radius 2 is 1.40 bits per heavy atom. The maximum atomic E-state index is 12.9. The smallest absolute Gasteiger partial charge is 0.744 e. The minimum absolute atomic E-state index is 0. The number of anilines is 1. The third-order valence-corrected chi connectivity index (χ3v) is 10.6. The molecule has 312 valence electrons. The van der Waals surface area contributed by atoms with Crippen molar-refractivity contribution in [3.8, 4) is 11.4 Å². The molecule has 0 aliphatic heterocycles. The van der Waals surface area contributed by atoms with Gasteiger partial charge in [0.05, 0.1) is 53.0 Å². The molecule has 0 saturated carbocycles. The summed E-state index contributed by atoms with van der Waals surface area (Å²) in [5, 5.41) is 42.1. The number of para-hydroxylation sites is 2. The molecule has 0 aliphatic rings. The molecule has 22 nitrogen and oxygen atoms in total. The van der Waals surface area contributed by atoms with Crippen LogP contribution >= 0.6 is 0 Å². The van der Waals surface area contributed by atoms with Gasteiger partial charge in [0.1, 0.15) is 52.8 Å². The summed E-state index contributed by atoms with van der Waals surface area (Å²) >= 11 is 0. The number of hydrogen-bond donors (Lipinski definition) is 5. The molecule has 5 aromatic rings. The number of aromatic nitrogens is 3. The Labute approximate surface area is 387 Å². The van der Waals surface area contributed by atoms with Crippen molar-refractivity contribution in [2.45, 2.75) is 27.7 Å². The van der Waals surface area contributed by atoms with Gasteiger partial charge in [-0.1, -0.05) is 18.2 Å². The number of nitrogens with zero attached hydrogens (tertiary/aromatic N) is 5. The molecule has 1 heterocycles. The van der Waals surface area contributed by atoms with Gasteiger partial charge in [-0.15, -0.1) is 15.3 Å². The summed E-state index contributed by atoms with van der Waals surface area (Å²) in [7, 11) is -14.2. The van der Waals surface area contributed by atoms with Gasteiger partial charge in [0.15, 0.2) is 0 Å². The van der Waals surface area contributed by atoms with Crippen molar-refractivity contribution in [1.29, 1.82) is 0 Å². The predicted molar refractivity (Wildman–Crippen MR) is 197 cm³/mol. The number of benzene rings is 4. The van der Waals surface area contributed by atoms with Gasteiger partial charge in [-0.2, -0.15) is 4.80 Å². The van der Waals surface area contributed by atoms with Gasteiger partial charge >= 0.3 is 71.1 Å². The van der Waals surface area contributed by atoms with E-state index in [9.17, 15) is 48.5 Å². The Bertz CT molecular complexity index is 2690. The average molecular weight is 912 g/mol. The number of aliphatic hydroxyl groups excluding tert-OH is 3. The van der Waals surface area contributed by atoms with Gasteiger partial charge in [-0.25, -0.2) is 25.3 Å². The summed E-state index contributed by atoms with van der Waals surface area (Å²) in [6.07, 6.45) is 0. The summed E-state index contributed by atoms with van der Waals surface area (Å²) in [4.78, 5) is 25.1. The van der Waals surface area contributed by atoms with Crippen LogP contribution in [-0.4, -0.2) is 138 Å². The molecule has 60 heavy (non-hydrogen) atoms. The molecule has 5 rings (SSSR count). The van der Waals surface area contributed by atoms with Crippen LogP contribution in [0.25, 0.3) is 27.5 Å². The van der Waals surface area contributed by atoms with E-state index in [4.69, 9.17) is 20.1 Å². The molecule has 0 saturated heterocycles. The second-order valence-electron chi connectivity index (χ2n) is 11.9. The van der Waals surface area contributed by atoms with Crippen molar-refractivity contribution in [3.63, 3.8) is 0 Å². The summed E-state index contributed by atoms with van der Waals surface area (Å²) in [6, 6.07) is 11.3. The van der Waals surface area contributed by atoms with Crippen molar-refractivity contribution in [3.05, 3.63) is 66.7 Å². The number of azo groups is 1. The van der Waals surface area contributed by atoms with Crippen LogP contribution in [0.3, 0.4) is 0 Å². The largest absolute Gasteiger partial charge is 1.00 e. The molecular weight excluding hydrogens is 877 g/mol. The zero-order chi connectivity index (χ0) is 43.0. The fourth-order valence-corrected chi connectivity index (χ4v) is 7.09. The van der Waals surface area contributed by atoms with E-state index in [0.29, 0.717) is 24.4 Å². The van der Waals surface area contributed by atoms with E-state index in [1.807, 2.05) is 0 Å². The number of ether oxygens (including phenoxy) is 1. The number of amides is 1. The number of methoxy groups -OCH3 is 1. The third-order valence-electron chi connectivity index (χ3n) is 8.01. The monoisotopic (exact) mass is 911 g/mol. The van der Waals surface area contributed by atoms with Gasteiger partial charge in [0, 0.05) is 31.9 Å². The Kier molecular flexibility index (Phi) is 19.9. The normalized spacial score (nSPS) is 12.3. The molecule has 0 radical (unpaired) electrons. The Morgan fingerprint density at radius 3 is 1.93 bits per heavy atom. The first-order valence-corrected chi connectivity index (χ1v) is 20.8. The molecule has 1 atom stereocenters. The van der Waals surface area contributed by atoms with Crippen molar-refractivity contribution >= 4 is 75.2 Å². The zero-order valence-corrected chi connectivity index (χ0v) is 38.8. The maximum Gasteiger partial charge on any atom is 1.00 e. The van der Waals surface area contributed by atoms with Crippen molar-refractivity contribution < 1.29 is 133 Å². The summed E-state index contributed by atoms with van der Waals surface area (Å²) in [6.45, 7) is 2.82. The second kappa shape index (κ2) is 22.7. The standard InChI is InChI=1S/C27H22N6O12S3.C6H15NO3.2Na/c1-14(34)24(27(35)28-19-5-3-4-6-21(19)45-2)30-29-20-10-7-16(13-22(20)47(39,40)41)33-31-25-18-9-8-17(46(36,37)38)11-15(18)12-23(26(25)32-33)48(42,43)44;8-4-1-7(2-5-9)3-6-10;;/h3-13,24H,1-2H3,(H,28,35)(H,36,37,38)(H,39,40,41)(H,42,43,44);8-10H,1-6H2;;/q;;2*+1/p-2. The number of aliphatic hydroxyl groups is 3. The summed E-state index contributed by atoms with van der Waals surface area (Å²) in [5.41, 5.74) is -1.27. The van der Waals surface area contributed by atoms with Crippen LogP contribution in [0.1, 0.15) is 6.92 Å². The number of nitrogens with one attached hydrogen (secondary N) is 2. The molecule has 0 fully saturated rings. The number of Topliss-reactive ketones (excluding diaryl/α,β-unsaturated/α-hetero) is 1. The first kappa shape index (κ1) is 52.8. The van der Waals surface area contributed by atoms with Crippen LogP contribution in [0.4, 0.5) is 11.4 Å². The minimum atomic E-state index is -5.31. The van der Waals surface area contributed by atoms with Crippen LogP contribution in [-0.2, 0) is 39.9 Å². The van der Waals surface area contributed by atoms with Crippen molar-refractivity contribution in [1.82, 2.24) is 19.9 Å². The zero-order valence-electron chi connectivity index (χ0n) is 32.4. The average Bonchev–Trinajstić information content (AvgIpc) is 3.60. The number of ketones is 1. The predicted octanol–water partition coefficient (Wildman–Crippen LogP) is -7.67. The van der Waals surface area contributed by atoms with E-state index >= 15 is 0 Å². The van der Waals surface area contributed by atoms with Crippen LogP contribution in [0.15, 0.2) is 86.5 Å². The first-order valence-electron chi connectivity index (χ1n) is 16.5. The number of hydrogen-bond acceptors (Lipinski definition) is 19. The van der Waals surface area contributed by atoms with Crippen molar-refractivity contribution in [2.24, 2.45) is 5.11 Å². The quantitative estimate of drug-likeness (QED) is 0.0266. The third kappa shape index (κ3) is 13.6. The van der Waals surface area contributed by atoms with Gasteiger partial charge in [0.25, 0.3) is 0 Å². The molecular formula is C33H35N7Na2O15S3. The van der Waals surface area contributed by atoms with Gasteiger partial charge < -0.3 is 39.0 Å². The number of rotatable bonds is 16. The minimum Gasteiger partial charge on any atom is -0.744 e. The molecule has 0 spiro atoms. The SMILES string of the molecule is COc1ccccc1NC(=O)C([NH+]=Nc1ccc(-n2nc3c(S(=O)(=O)[O-])cc4cc(S(=O)(=O)[O-])ccc4c3n2)cc1S(=O)(=O)[O-])C(C)=O.OCCN(CCO)CCO.[Na+].[Na+]. The number of carbonyl (C=O) groups excluding carboxylic acids is 2. The molecule has 4 aromatic carbocycles. The van der Waals surface area contributed by atoms with E-state index in [1.165, 1.54) is 13.2 Å². The van der Waals surface area contributed by atoms with Gasteiger partial charge in [-0.05, 0) is 59.0 Å². The fourth-order valence-electron chi connectivity index (χ4n) is 5.30. The fraction of sp³-hybridized carbons (Fsp3) is 0.273. The molecule has 1 aromatic heterocycles. The molecule has 1 amide bonds. The van der Waals surface area contributed by atoms with E-state index < -0.39 is 74.0 Å². The molecule has 1 unspecified atom stereocenters. The summed E-state index contributed by atoms with van der Waals surface area (Å²) in [5.74, 6) is -1.32. The van der Waals surface area contributed by atoms with E-state index in [0.717, 1.165) is 49.4 Å². The first-order chi connectivity index (χ1) is 27.2. The molecule has 0 bridgehead atoms. The van der Waals surface area contributed by atoms with Crippen LogP contribution in [0.2, 0.25) is 0 Å². The van der Waals surface area contributed by atoms with E-state index in [-0.39, 0.29) is 112 Å². The number of fused-ring (bicyclic) bond motifs is 3. The Hall–Kier alpha value is -3.35. The van der Waals surface area contributed by atoms with E-state index in [2.05, 4.69) is 25.7 Å². The second-order valence-corrected chi connectivity index (χ2v) is 16.0. The summed E-state index contributed by atoms with van der Waals surface area (Å²) < 4.78 is 113. The Balaban J connectivity index is 0.000000918. The molecule has 5 N–H and O–H groups in total. The van der Waals surface area contributed by atoms with Crippen LogP contribution in [0, 0.1) is 0 Å². The molecule has 0 aliphatic carbocycles. The van der Waals surface area contributed by atoms with Crippen LogP contribution < -0.4 is 74.3 Å². The number of carbonyl (C=O) groups is 2. The van der Waals surface area contributed by atoms with Crippen molar-refractivity contribution in [2.75, 3.05) is 51.9 Å². The van der Waals surface area contributed by atoms with Crippen LogP contribution in [0.5, 0.6) is 5.75 Å².